The number of hydrogen-bond acceptors (Lipinski definition) is 5. The van der Waals surface area contributed by atoms with Crippen molar-refractivity contribution in [2.24, 2.45) is 0 Å². The second-order valence-corrected chi connectivity index (χ2v) is 6.05. The summed E-state index contributed by atoms with van der Waals surface area (Å²) in [5.74, 6) is 0.0449. The van der Waals surface area contributed by atoms with Gasteiger partial charge in [0.2, 0.25) is 11.7 Å². The Balaban J connectivity index is 2.26. The molecule has 7 nitrogen and oxygen atoms in total. The molecule has 0 bridgehead atoms. The van der Waals surface area contributed by atoms with Crippen LogP contribution in [0.15, 0.2) is 24.3 Å². The van der Waals surface area contributed by atoms with Gasteiger partial charge < -0.3 is 24.6 Å². The molecule has 0 spiro atoms. The van der Waals surface area contributed by atoms with Crippen LogP contribution in [0.4, 0.5) is 5.69 Å². The summed E-state index contributed by atoms with van der Waals surface area (Å²) in [6.07, 6.45) is 0.0619. The molecule has 0 aliphatic heterocycles. The Kier molecular flexibility index (Phi) is 6.28. The third-order valence-corrected chi connectivity index (χ3v) is 4.17. The minimum atomic E-state index is -1.03. The molecule has 0 unspecified atom stereocenters. The Labute approximate surface area is 157 Å². The minimum Gasteiger partial charge on any atom is -0.493 e. The van der Waals surface area contributed by atoms with E-state index in [1.165, 1.54) is 27.4 Å². The maximum absolute atomic E-state index is 12.5. The van der Waals surface area contributed by atoms with Gasteiger partial charge in [-0.3, -0.25) is 4.79 Å². The third-order valence-electron chi connectivity index (χ3n) is 4.17. The number of carboxylic acids is 1. The molecule has 0 saturated heterocycles. The Hall–Kier alpha value is -3.22. The lowest BCUT2D eigenvalue weighted by molar-refractivity contribution is -0.115. The molecule has 2 N–H and O–H groups in total. The van der Waals surface area contributed by atoms with E-state index in [9.17, 15) is 14.7 Å². The number of carboxylic acid groups (broad SMARTS) is 1. The van der Waals surface area contributed by atoms with Crippen LogP contribution in [-0.2, 0) is 11.2 Å². The van der Waals surface area contributed by atoms with Gasteiger partial charge in [0.05, 0.1) is 33.3 Å². The van der Waals surface area contributed by atoms with E-state index in [2.05, 4.69) is 5.32 Å². The van der Waals surface area contributed by atoms with Crippen LogP contribution >= 0.6 is 0 Å². The highest BCUT2D eigenvalue weighted by molar-refractivity contribution is 5.96. The van der Waals surface area contributed by atoms with E-state index in [-0.39, 0.29) is 17.9 Å². The number of methoxy groups -OCH3 is 3. The minimum absolute atomic E-state index is 0.0619. The SMILES string of the molecule is COc1cc(CC(=O)Nc2cc(C(=O)O)c(C)cc2C)cc(OC)c1OC. The van der Waals surface area contributed by atoms with Crippen molar-refractivity contribution in [3.8, 4) is 17.2 Å². The molecule has 2 aromatic rings. The first-order valence-electron chi connectivity index (χ1n) is 8.24. The Morgan fingerprint density at radius 3 is 2.00 bits per heavy atom. The van der Waals surface area contributed by atoms with Crippen molar-refractivity contribution in [3.05, 3.63) is 46.5 Å². The summed E-state index contributed by atoms with van der Waals surface area (Å²) < 4.78 is 15.9. The monoisotopic (exact) mass is 373 g/mol. The van der Waals surface area contributed by atoms with Crippen LogP contribution in [-0.4, -0.2) is 38.3 Å². The number of amides is 1. The highest BCUT2D eigenvalue weighted by Crippen LogP contribution is 2.38. The molecule has 0 atom stereocenters. The number of benzene rings is 2. The lowest BCUT2D eigenvalue weighted by atomic mass is 10.0. The molecule has 0 fully saturated rings. The number of aromatic carboxylic acids is 1. The van der Waals surface area contributed by atoms with Gasteiger partial charge in [-0.2, -0.15) is 0 Å². The van der Waals surface area contributed by atoms with Crippen LogP contribution < -0.4 is 19.5 Å². The van der Waals surface area contributed by atoms with Gasteiger partial charge in [0.1, 0.15) is 0 Å². The summed E-state index contributed by atoms with van der Waals surface area (Å²) in [5.41, 5.74) is 2.72. The summed E-state index contributed by atoms with van der Waals surface area (Å²) in [6.45, 7) is 3.53. The van der Waals surface area contributed by atoms with Gasteiger partial charge >= 0.3 is 5.97 Å². The van der Waals surface area contributed by atoms with Crippen molar-refractivity contribution in [1.82, 2.24) is 0 Å². The zero-order chi connectivity index (χ0) is 20.1. The molecule has 144 valence electrons. The smallest absolute Gasteiger partial charge is 0.336 e. The van der Waals surface area contributed by atoms with E-state index < -0.39 is 5.97 Å². The van der Waals surface area contributed by atoms with Crippen LogP contribution in [0, 0.1) is 13.8 Å². The van der Waals surface area contributed by atoms with Gasteiger partial charge in [-0.15, -0.1) is 0 Å². The van der Waals surface area contributed by atoms with Crippen molar-refractivity contribution in [1.29, 1.82) is 0 Å². The van der Waals surface area contributed by atoms with Crippen LogP contribution in [0.2, 0.25) is 0 Å². The van der Waals surface area contributed by atoms with Crippen molar-refractivity contribution >= 4 is 17.6 Å². The van der Waals surface area contributed by atoms with Crippen molar-refractivity contribution in [2.75, 3.05) is 26.6 Å². The average Bonchev–Trinajstić information content (AvgIpc) is 2.62. The van der Waals surface area contributed by atoms with E-state index in [1.807, 2.05) is 6.92 Å². The van der Waals surface area contributed by atoms with Gasteiger partial charge in [-0.25, -0.2) is 4.79 Å². The molecule has 0 aliphatic carbocycles. The van der Waals surface area contributed by atoms with E-state index in [0.717, 1.165) is 5.56 Å². The van der Waals surface area contributed by atoms with Gasteiger partial charge in [-0.05, 0) is 48.7 Å². The average molecular weight is 373 g/mol. The molecule has 2 rings (SSSR count). The van der Waals surface area contributed by atoms with Crippen molar-refractivity contribution in [2.45, 2.75) is 20.3 Å². The fraction of sp³-hybridized carbons (Fsp3) is 0.300. The zero-order valence-corrected chi connectivity index (χ0v) is 16.0. The molecular weight excluding hydrogens is 350 g/mol. The van der Waals surface area contributed by atoms with Crippen molar-refractivity contribution < 1.29 is 28.9 Å². The standard InChI is InChI=1S/C20H23NO6/c1-11-6-12(2)15(10-14(11)20(23)24)21-18(22)9-13-7-16(25-3)19(27-5)17(8-13)26-4/h6-8,10H,9H2,1-5H3,(H,21,22)(H,23,24). The number of hydrogen-bond donors (Lipinski definition) is 2. The van der Waals surface area contributed by atoms with Gasteiger partial charge in [0, 0.05) is 5.69 Å². The normalized spacial score (nSPS) is 10.3. The summed E-state index contributed by atoms with van der Waals surface area (Å²) in [7, 11) is 4.52. The van der Waals surface area contributed by atoms with E-state index in [0.29, 0.717) is 34.1 Å². The molecule has 0 aliphatic rings. The van der Waals surface area contributed by atoms with Crippen LogP contribution in [0.1, 0.15) is 27.0 Å². The molecule has 7 heteroatoms. The first-order valence-corrected chi connectivity index (χ1v) is 8.24. The molecule has 1 amide bonds. The second-order valence-electron chi connectivity index (χ2n) is 6.05. The summed E-state index contributed by atoms with van der Waals surface area (Å²) in [4.78, 5) is 23.8. The Bertz CT molecular complexity index is 850. The van der Waals surface area contributed by atoms with Crippen LogP contribution in [0.25, 0.3) is 0 Å². The number of carbonyl (C=O) groups is 2. The van der Waals surface area contributed by atoms with E-state index in [4.69, 9.17) is 14.2 Å². The summed E-state index contributed by atoms with van der Waals surface area (Å²) in [5, 5.41) is 12.0. The third kappa shape index (κ3) is 4.49. The van der Waals surface area contributed by atoms with E-state index in [1.54, 1.807) is 25.1 Å². The number of anilines is 1. The Morgan fingerprint density at radius 1 is 0.926 bits per heavy atom. The lowest BCUT2D eigenvalue weighted by Gasteiger charge is -2.15. The fourth-order valence-electron chi connectivity index (χ4n) is 2.83. The van der Waals surface area contributed by atoms with Gasteiger partial charge in [-0.1, -0.05) is 6.07 Å². The fourth-order valence-corrected chi connectivity index (χ4v) is 2.83. The lowest BCUT2D eigenvalue weighted by Crippen LogP contribution is -2.16. The second kappa shape index (κ2) is 8.44. The molecule has 0 heterocycles. The van der Waals surface area contributed by atoms with Gasteiger partial charge in [0.15, 0.2) is 11.5 Å². The molecular formula is C20H23NO6. The molecule has 27 heavy (non-hydrogen) atoms. The molecule has 0 saturated carbocycles. The largest absolute Gasteiger partial charge is 0.493 e. The van der Waals surface area contributed by atoms with Crippen LogP contribution in [0.3, 0.4) is 0 Å². The topological polar surface area (TPSA) is 94.1 Å². The summed E-state index contributed by atoms with van der Waals surface area (Å²) >= 11 is 0. The number of ether oxygens (including phenoxy) is 3. The summed E-state index contributed by atoms with van der Waals surface area (Å²) in [6, 6.07) is 6.61. The number of nitrogens with one attached hydrogen (secondary N) is 1. The maximum atomic E-state index is 12.5. The molecule has 0 aromatic heterocycles. The highest BCUT2D eigenvalue weighted by Gasteiger charge is 2.16. The zero-order valence-electron chi connectivity index (χ0n) is 16.0. The number of aryl methyl sites for hydroxylation is 2. The quantitative estimate of drug-likeness (QED) is 0.774. The predicted molar refractivity (Wildman–Crippen MR) is 101 cm³/mol. The number of rotatable bonds is 7. The maximum Gasteiger partial charge on any atom is 0.336 e. The molecule has 2 aromatic carbocycles. The van der Waals surface area contributed by atoms with Gasteiger partial charge in [0.25, 0.3) is 0 Å². The predicted octanol–water partition coefficient (Wildman–Crippen LogP) is 3.21. The first-order chi connectivity index (χ1) is 12.8. The number of carbonyl (C=O) groups excluding carboxylic acids is 1. The molecule has 0 radical (unpaired) electrons. The van der Waals surface area contributed by atoms with E-state index >= 15 is 0 Å². The highest BCUT2D eigenvalue weighted by atomic mass is 16.5. The van der Waals surface area contributed by atoms with Crippen LogP contribution in [0.5, 0.6) is 17.2 Å². The Morgan fingerprint density at radius 2 is 1.52 bits per heavy atom. The first kappa shape index (κ1) is 20.1. The van der Waals surface area contributed by atoms with Crippen molar-refractivity contribution in [3.63, 3.8) is 0 Å².